The lowest BCUT2D eigenvalue weighted by molar-refractivity contribution is -0.123. The molecule has 31 heavy (non-hydrogen) atoms. The molecule has 164 valence electrons. The number of nitrogens with zero attached hydrogens (tertiary/aromatic N) is 1. The molecule has 0 saturated carbocycles. The minimum Gasteiger partial charge on any atom is -0.490 e. The number of hydrogen-bond acceptors (Lipinski definition) is 5. The zero-order valence-electron chi connectivity index (χ0n) is 18.4. The van der Waals surface area contributed by atoms with Gasteiger partial charge in [-0.1, -0.05) is 18.2 Å². The first-order valence-electron chi connectivity index (χ1n) is 11.0. The van der Waals surface area contributed by atoms with Crippen LogP contribution in [0.3, 0.4) is 0 Å². The van der Waals surface area contributed by atoms with E-state index in [-0.39, 0.29) is 11.9 Å². The zero-order chi connectivity index (χ0) is 21.8. The summed E-state index contributed by atoms with van der Waals surface area (Å²) in [7, 11) is 0. The Balaban J connectivity index is 1.39. The van der Waals surface area contributed by atoms with Gasteiger partial charge in [0.15, 0.2) is 11.5 Å². The standard InChI is InChI=1S/C25H30N2O4/c1-4-29-23-12-18-10-11-27(15-20(18)14-24(23)30-5-2)16-25(28)26-17(3)22-13-19-8-6-7-9-21(19)31-22/h6-9,12-14,17H,4-5,10-11,15-16H2,1-3H3,(H,26,28)/t17-/m1/s1. The number of carbonyl (C=O) groups excluding carboxylic acids is 1. The molecule has 0 aliphatic carbocycles. The van der Waals surface area contributed by atoms with Gasteiger partial charge in [0.2, 0.25) is 5.91 Å². The molecule has 1 aliphatic rings. The van der Waals surface area contributed by atoms with E-state index in [1.807, 2.05) is 51.1 Å². The average molecular weight is 423 g/mol. The first-order chi connectivity index (χ1) is 15.1. The van der Waals surface area contributed by atoms with E-state index in [9.17, 15) is 4.79 Å². The van der Waals surface area contributed by atoms with Crippen LogP contribution in [0, 0.1) is 0 Å². The van der Waals surface area contributed by atoms with Gasteiger partial charge in [-0.25, -0.2) is 0 Å². The van der Waals surface area contributed by atoms with Crippen LogP contribution in [0.2, 0.25) is 0 Å². The first kappa shape index (κ1) is 21.2. The van der Waals surface area contributed by atoms with Crippen molar-refractivity contribution in [3.05, 3.63) is 59.4 Å². The third kappa shape index (κ3) is 4.85. The van der Waals surface area contributed by atoms with Crippen molar-refractivity contribution in [3.63, 3.8) is 0 Å². The highest BCUT2D eigenvalue weighted by Gasteiger charge is 2.22. The monoisotopic (exact) mass is 422 g/mol. The molecule has 1 N–H and O–H groups in total. The third-order valence-corrected chi connectivity index (χ3v) is 5.57. The summed E-state index contributed by atoms with van der Waals surface area (Å²) in [5.74, 6) is 2.33. The maximum atomic E-state index is 12.7. The second-order valence-electron chi connectivity index (χ2n) is 7.87. The molecular formula is C25H30N2O4. The van der Waals surface area contributed by atoms with E-state index in [2.05, 4.69) is 22.3 Å². The van der Waals surface area contributed by atoms with Crippen LogP contribution >= 0.6 is 0 Å². The quantitative estimate of drug-likeness (QED) is 0.580. The molecule has 1 aromatic heterocycles. The van der Waals surface area contributed by atoms with Crippen LogP contribution < -0.4 is 14.8 Å². The lowest BCUT2D eigenvalue weighted by Crippen LogP contribution is -2.40. The Morgan fingerprint density at radius 3 is 2.52 bits per heavy atom. The van der Waals surface area contributed by atoms with Crippen LogP contribution in [0.5, 0.6) is 11.5 Å². The molecule has 2 aromatic carbocycles. The second-order valence-corrected chi connectivity index (χ2v) is 7.87. The van der Waals surface area contributed by atoms with Gasteiger partial charge in [0.1, 0.15) is 11.3 Å². The molecule has 0 unspecified atom stereocenters. The highest BCUT2D eigenvalue weighted by atomic mass is 16.5. The summed E-state index contributed by atoms with van der Waals surface area (Å²) >= 11 is 0. The number of rotatable bonds is 8. The van der Waals surface area contributed by atoms with Crippen molar-refractivity contribution in [1.82, 2.24) is 10.2 Å². The van der Waals surface area contributed by atoms with Crippen molar-refractivity contribution in [3.8, 4) is 11.5 Å². The van der Waals surface area contributed by atoms with Crippen molar-refractivity contribution >= 4 is 16.9 Å². The molecule has 3 aromatic rings. The lowest BCUT2D eigenvalue weighted by atomic mass is 9.98. The molecule has 1 aliphatic heterocycles. The molecule has 0 radical (unpaired) electrons. The van der Waals surface area contributed by atoms with Gasteiger partial charge in [-0.05, 0) is 62.6 Å². The molecule has 1 amide bonds. The van der Waals surface area contributed by atoms with Gasteiger partial charge in [0, 0.05) is 18.5 Å². The van der Waals surface area contributed by atoms with Gasteiger partial charge >= 0.3 is 0 Å². The largest absolute Gasteiger partial charge is 0.490 e. The zero-order valence-corrected chi connectivity index (χ0v) is 18.4. The number of nitrogens with one attached hydrogen (secondary N) is 1. The fourth-order valence-electron chi connectivity index (χ4n) is 4.07. The van der Waals surface area contributed by atoms with Gasteiger partial charge in [-0.3, -0.25) is 9.69 Å². The summed E-state index contributed by atoms with van der Waals surface area (Å²) in [6.45, 7) is 8.98. The maximum absolute atomic E-state index is 12.7. The Hall–Kier alpha value is -2.99. The number of hydrogen-bond donors (Lipinski definition) is 1. The second kappa shape index (κ2) is 9.43. The Bertz CT molecular complexity index is 1030. The Morgan fingerprint density at radius 1 is 1.10 bits per heavy atom. The van der Waals surface area contributed by atoms with Crippen molar-refractivity contribution in [2.75, 3.05) is 26.3 Å². The van der Waals surface area contributed by atoms with Crippen molar-refractivity contribution < 1.29 is 18.7 Å². The number of fused-ring (bicyclic) bond motifs is 2. The smallest absolute Gasteiger partial charge is 0.234 e. The summed E-state index contributed by atoms with van der Waals surface area (Å²) in [5.41, 5.74) is 3.29. The average Bonchev–Trinajstić information content (AvgIpc) is 3.19. The predicted octanol–water partition coefficient (Wildman–Crippen LogP) is 4.47. The van der Waals surface area contributed by atoms with Gasteiger partial charge in [-0.2, -0.15) is 0 Å². The molecule has 0 bridgehead atoms. The number of furan rings is 1. The highest BCUT2D eigenvalue weighted by molar-refractivity contribution is 5.80. The predicted molar refractivity (Wildman–Crippen MR) is 121 cm³/mol. The summed E-state index contributed by atoms with van der Waals surface area (Å²) in [6.07, 6.45) is 0.883. The topological polar surface area (TPSA) is 63.9 Å². The Labute approximate surface area is 183 Å². The number of amides is 1. The Morgan fingerprint density at radius 2 is 1.81 bits per heavy atom. The molecule has 4 rings (SSSR count). The minimum absolute atomic E-state index is 0.00706. The van der Waals surface area contributed by atoms with Gasteiger partial charge in [-0.15, -0.1) is 0 Å². The number of ether oxygens (including phenoxy) is 2. The molecule has 0 spiro atoms. The molecule has 0 fully saturated rings. The minimum atomic E-state index is -0.185. The van der Waals surface area contributed by atoms with Crippen molar-refractivity contribution in [2.24, 2.45) is 0 Å². The van der Waals surface area contributed by atoms with Crippen LogP contribution in [-0.4, -0.2) is 37.1 Å². The van der Waals surface area contributed by atoms with E-state index in [0.717, 1.165) is 41.2 Å². The van der Waals surface area contributed by atoms with Gasteiger partial charge in [0.05, 0.1) is 25.8 Å². The fraction of sp³-hybridized carbons (Fsp3) is 0.400. The summed E-state index contributed by atoms with van der Waals surface area (Å²) in [4.78, 5) is 14.9. The molecule has 6 nitrogen and oxygen atoms in total. The van der Waals surface area contributed by atoms with E-state index >= 15 is 0 Å². The summed E-state index contributed by atoms with van der Waals surface area (Å²) < 4.78 is 17.4. The van der Waals surface area contributed by atoms with Crippen LogP contribution in [-0.2, 0) is 17.8 Å². The SMILES string of the molecule is CCOc1cc2c(cc1OCC)CN(CC(=O)N[C@H](C)c1cc3ccccc3o1)CC2. The normalized spacial score (nSPS) is 14.8. The first-order valence-corrected chi connectivity index (χ1v) is 11.0. The molecule has 1 atom stereocenters. The highest BCUT2D eigenvalue weighted by Crippen LogP contribution is 2.34. The lowest BCUT2D eigenvalue weighted by Gasteiger charge is -2.29. The van der Waals surface area contributed by atoms with E-state index in [4.69, 9.17) is 13.9 Å². The van der Waals surface area contributed by atoms with E-state index in [1.54, 1.807) is 0 Å². The van der Waals surface area contributed by atoms with Crippen molar-refractivity contribution in [1.29, 1.82) is 0 Å². The van der Waals surface area contributed by atoms with Crippen LogP contribution in [0.15, 0.2) is 46.9 Å². The number of para-hydroxylation sites is 1. The van der Waals surface area contributed by atoms with E-state index < -0.39 is 0 Å². The molecule has 6 heteroatoms. The fourth-order valence-corrected chi connectivity index (χ4v) is 4.07. The van der Waals surface area contributed by atoms with Crippen LogP contribution in [0.1, 0.15) is 43.7 Å². The van der Waals surface area contributed by atoms with Crippen LogP contribution in [0.4, 0.5) is 0 Å². The van der Waals surface area contributed by atoms with E-state index in [0.29, 0.717) is 26.3 Å². The summed E-state index contributed by atoms with van der Waals surface area (Å²) in [5, 5.41) is 4.11. The van der Waals surface area contributed by atoms with E-state index in [1.165, 1.54) is 11.1 Å². The summed E-state index contributed by atoms with van der Waals surface area (Å²) in [6, 6.07) is 13.8. The van der Waals surface area contributed by atoms with Gasteiger partial charge < -0.3 is 19.2 Å². The third-order valence-electron chi connectivity index (χ3n) is 5.57. The molecular weight excluding hydrogens is 392 g/mol. The number of benzene rings is 2. The van der Waals surface area contributed by atoms with Crippen molar-refractivity contribution in [2.45, 2.75) is 39.8 Å². The molecule has 0 saturated heterocycles. The van der Waals surface area contributed by atoms with Gasteiger partial charge in [0.25, 0.3) is 0 Å². The van der Waals surface area contributed by atoms with Crippen LogP contribution in [0.25, 0.3) is 11.0 Å². The Kier molecular flexibility index (Phi) is 6.47. The molecule has 2 heterocycles. The number of carbonyl (C=O) groups is 1. The maximum Gasteiger partial charge on any atom is 0.234 e.